The van der Waals surface area contributed by atoms with Gasteiger partial charge in [-0.3, -0.25) is 4.79 Å². The average Bonchev–Trinajstić information content (AvgIpc) is 3.02. The molecule has 0 atom stereocenters. The van der Waals surface area contributed by atoms with Gasteiger partial charge >= 0.3 is 0 Å². The second-order valence-electron chi connectivity index (χ2n) is 6.43. The molecule has 3 rings (SSSR count). The number of hydrogen-bond donors (Lipinski definition) is 0. The Morgan fingerprint density at radius 3 is 2.24 bits per heavy atom. The standard InChI is InChI=1S/C21H23N3O/c1-16(2)23(15-18-10-6-4-7-11-18)21(25)20-14-17(3)24(22-20)19-12-8-5-9-13-19/h4-14,16H,15H2,1-3H3. The van der Waals surface area contributed by atoms with Crippen LogP contribution in [-0.2, 0) is 6.54 Å². The van der Waals surface area contributed by atoms with Gasteiger partial charge in [0.1, 0.15) is 0 Å². The first-order valence-corrected chi connectivity index (χ1v) is 8.53. The van der Waals surface area contributed by atoms with Crippen LogP contribution in [0.1, 0.15) is 35.6 Å². The number of aromatic nitrogens is 2. The van der Waals surface area contributed by atoms with E-state index in [1.165, 1.54) is 0 Å². The minimum Gasteiger partial charge on any atom is -0.331 e. The number of nitrogens with zero attached hydrogens (tertiary/aromatic N) is 3. The molecule has 0 saturated carbocycles. The quantitative estimate of drug-likeness (QED) is 0.701. The molecular formula is C21H23N3O. The topological polar surface area (TPSA) is 38.1 Å². The molecule has 1 amide bonds. The van der Waals surface area contributed by atoms with Crippen molar-refractivity contribution in [2.24, 2.45) is 0 Å². The van der Waals surface area contributed by atoms with Crippen LogP contribution in [0.15, 0.2) is 66.7 Å². The van der Waals surface area contributed by atoms with Crippen molar-refractivity contribution in [2.75, 3.05) is 0 Å². The molecule has 0 radical (unpaired) electrons. The maximum Gasteiger partial charge on any atom is 0.274 e. The van der Waals surface area contributed by atoms with E-state index >= 15 is 0 Å². The van der Waals surface area contributed by atoms with E-state index in [4.69, 9.17) is 0 Å². The van der Waals surface area contributed by atoms with Gasteiger partial charge in [-0.05, 0) is 44.5 Å². The normalized spacial score (nSPS) is 10.9. The van der Waals surface area contributed by atoms with Gasteiger partial charge in [-0.15, -0.1) is 0 Å². The van der Waals surface area contributed by atoms with E-state index in [1.807, 2.05) is 97.1 Å². The van der Waals surface area contributed by atoms with Crippen LogP contribution in [0.4, 0.5) is 0 Å². The highest BCUT2D eigenvalue weighted by molar-refractivity contribution is 5.92. The maximum atomic E-state index is 13.0. The zero-order chi connectivity index (χ0) is 17.8. The van der Waals surface area contributed by atoms with E-state index in [0.29, 0.717) is 12.2 Å². The lowest BCUT2D eigenvalue weighted by atomic mass is 10.1. The first-order valence-electron chi connectivity index (χ1n) is 8.53. The van der Waals surface area contributed by atoms with Gasteiger partial charge in [-0.25, -0.2) is 4.68 Å². The molecule has 2 aromatic carbocycles. The van der Waals surface area contributed by atoms with E-state index in [0.717, 1.165) is 16.9 Å². The first kappa shape index (κ1) is 17.0. The molecule has 0 aliphatic carbocycles. The van der Waals surface area contributed by atoms with Crippen molar-refractivity contribution in [1.29, 1.82) is 0 Å². The summed E-state index contributed by atoms with van der Waals surface area (Å²) in [6, 6.07) is 21.9. The maximum absolute atomic E-state index is 13.0. The molecule has 0 spiro atoms. The lowest BCUT2D eigenvalue weighted by Crippen LogP contribution is -2.36. The minimum absolute atomic E-state index is 0.0448. The highest BCUT2D eigenvalue weighted by atomic mass is 16.2. The van der Waals surface area contributed by atoms with E-state index in [9.17, 15) is 4.79 Å². The Kier molecular flexibility index (Phi) is 4.98. The van der Waals surface area contributed by atoms with Crippen LogP contribution < -0.4 is 0 Å². The first-order chi connectivity index (χ1) is 12.1. The average molecular weight is 333 g/mol. The van der Waals surface area contributed by atoms with E-state index < -0.39 is 0 Å². The largest absolute Gasteiger partial charge is 0.331 e. The summed E-state index contributed by atoms with van der Waals surface area (Å²) in [5, 5.41) is 4.55. The van der Waals surface area contributed by atoms with E-state index in [1.54, 1.807) is 0 Å². The molecule has 128 valence electrons. The van der Waals surface area contributed by atoms with Crippen molar-refractivity contribution in [3.05, 3.63) is 83.7 Å². The van der Waals surface area contributed by atoms with Crippen LogP contribution >= 0.6 is 0 Å². The van der Waals surface area contributed by atoms with Gasteiger partial charge in [-0.2, -0.15) is 5.10 Å². The van der Waals surface area contributed by atoms with Crippen molar-refractivity contribution in [3.63, 3.8) is 0 Å². The third-order valence-electron chi connectivity index (χ3n) is 4.19. The smallest absolute Gasteiger partial charge is 0.274 e. The summed E-state index contributed by atoms with van der Waals surface area (Å²) in [4.78, 5) is 14.9. The Morgan fingerprint density at radius 2 is 1.64 bits per heavy atom. The Hall–Kier alpha value is -2.88. The SMILES string of the molecule is Cc1cc(C(=O)N(Cc2ccccc2)C(C)C)nn1-c1ccccc1. The molecule has 4 heteroatoms. The van der Waals surface area contributed by atoms with Gasteiger partial charge in [0.15, 0.2) is 5.69 Å². The van der Waals surface area contributed by atoms with Crippen LogP contribution in [0, 0.1) is 6.92 Å². The van der Waals surface area contributed by atoms with Crippen molar-refractivity contribution in [3.8, 4) is 5.69 Å². The molecule has 0 aliphatic heterocycles. The Labute approximate surface area is 148 Å². The minimum atomic E-state index is -0.0448. The molecule has 0 aliphatic rings. The molecule has 0 saturated heterocycles. The van der Waals surface area contributed by atoms with Crippen LogP contribution in [-0.4, -0.2) is 26.6 Å². The number of aryl methyl sites for hydroxylation is 1. The Morgan fingerprint density at radius 1 is 1.04 bits per heavy atom. The summed E-state index contributed by atoms with van der Waals surface area (Å²) in [5.41, 5.74) is 3.49. The lowest BCUT2D eigenvalue weighted by molar-refractivity contribution is 0.0683. The zero-order valence-corrected chi connectivity index (χ0v) is 14.9. The molecule has 1 heterocycles. The number of carbonyl (C=O) groups is 1. The fraction of sp³-hybridized carbons (Fsp3) is 0.238. The Balaban J connectivity index is 1.88. The number of amides is 1. The van der Waals surface area contributed by atoms with Gasteiger partial charge in [0, 0.05) is 18.3 Å². The summed E-state index contributed by atoms with van der Waals surface area (Å²) in [7, 11) is 0. The van der Waals surface area contributed by atoms with Gasteiger partial charge < -0.3 is 4.90 Å². The summed E-state index contributed by atoms with van der Waals surface area (Å²) in [5.74, 6) is -0.0448. The highest BCUT2D eigenvalue weighted by Gasteiger charge is 2.22. The van der Waals surface area contributed by atoms with Gasteiger partial charge in [0.2, 0.25) is 0 Å². The number of carbonyl (C=O) groups excluding carboxylic acids is 1. The third-order valence-corrected chi connectivity index (χ3v) is 4.19. The second-order valence-corrected chi connectivity index (χ2v) is 6.43. The van der Waals surface area contributed by atoms with Gasteiger partial charge in [-0.1, -0.05) is 48.5 Å². The Bertz CT molecular complexity index is 838. The number of rotatable bonds is 5. The number of hydrogen-bond acceptors (Lipinski definition) is 2. The van der Waals surface area contributed by atoms with E-state index in [-0.39, 0.29) is 11.9 Å². The van der Waals surface area contributed by atoms with Crippen molar-refractivity contribution in [1.82, 2.24) is 14.7 Å². The van der Waals surface area contributed by atoms with Crippen molar-refractivity contribution < 1.29 is 4.79 Å². The van der Waals surface area contributed by atoms with Crippen molar-refractivity contribution in [2.45, 2.75) is 33.4 Å². The molecular weight excluding hydrogens is 310 g/mol. The fourth-order valence-corrected chi connectivity index (χ4v) is 2.83. The molecule has 4 nitrogen and oxygen atoms in total. The molecule has 3 aromatic rings. The zero-order valence-electron chi connectivity index (χ0n) is 14.9. The molecule has 0 N–H and O–H groups in total. The predicted octanol–water partition coefficient (Wildman–Crippen LogP) is 4.23. The van der Waals surface area contributed by atoms with Crippen molar-refractivity contribution >= 4 is 5.91 Å². The molecule has 0 bridgehead atoms. The second kappa shape index (κ2) is 7.34. The van der Waals surface area contributed by atoms with E-state index in [2.05, 4.69) is 5.10 Å². The highest BCUT2D eigenvalue weighted by Crippen LogP contribution is 2.16. The van der Waals surface area contributed by atoms with Gasteiger partial charge in [0.05, 0.1) is 5.69 Å². The van der Waals surface area contributed by atoms with Crippen LogP contribution in [0.25, 0.3) is 5.69 Å². The molecule has 25 heavy (non-hydrogen) atoms. The van der Waals surface area contributed by atoms with Crippen LogP contribution in [0.5, 0.6) is 0 Å². The summed E-state index contributed by atoms with van der Waals surface area (Å²) < 4.78 is 1.81. The summed E-state index contributed by atoms with van der Waals surface area (Å²) in [6.45, 7) is 6.60. The van der Waals surface area contributed by atoms with Gasteiger partial charge in [0.25, 0.3) is 5.91 Å². The van der Waals surface area contributed by atoms with Crippen LogP contribution in [0.3, 0.4) is 0 Å². The number of para-hydroxylation sites is 1. The summed E-state index contributed by atoms with van der Waals surface area (Å²) >= 11 is 0. The number of benzene rings is 2. The molecule has 0 fully saturated rings. The summed E-state index contributed by atoms with van der Waals surface area (Å²) in [6.07, 6.45) is 0. The lowest BCUT2D eigenvalue weighted by Gasteiger charge is -2.26. The predicted molar refractivity (Wildman–Crippen MR) is 99.8 cm³/mol. The monoisotopic (exact) mass is 333 g/mol. The third kappa shape index (κ3) is 3.79. The van der Waals surface area contributed by atoms with Crippen LogP contribution in [0.2, 0.25) is 0 Å². The molecule has 0 unspecified atom stereocenters. The molecule has 1 aromatic heterocycles. The fourth-order valence-electron chi connectivity index (χ4n) is 2.83.